The van der Waals surface area contributed by atoms with Gasteiger partial charge in [0.2, 0.25) is 5.91 Å². The number of alkyl halides is 3. The second kappa shape index (κ2) is 8.51. The van der Waals surface area contributed by atoms with Crippen LogP contribution in [0.25, 0.3) is 10.1 Å². The molecule has 1 fully saturated rings. The highest BCUT2D eigenvalue weighted by Crippen LogP contribution is 2.36. The molecule has 3 aromatic rings. The second-order valence-corrected chi connectivity index (χ2v) is 8.76. The number of carbonyl (C=O) groups is 2. The van der Waals surface area contributed by atoms with Crippen molar-refractivity contribution in [2.45, 2.75) is 25.1 Å². The lowest BCUT2D eigenvalue weighted by Crippen LogP contribution is -2.38. The Balaban J connectivity index is 1.66. The third-order valence-electron chi connectivity index (χ3n) is 5.24. The predicted molar refractivity (Wildman–Crippen MR) is 114 cm³/mol. The summed E-state index contributed by atoms with van der Waals surface area (Å²) in [4.78, 5) is 27.0. The van der Waals surface area contributed by atoms with Gasteiger partial charge in [-0.05, 0) is 30.2 Å². The van der Waals surface area contributed by atoms with E-state index in [1.807, 2.05) is 18.2 Å². The monoisotopic (exact) mass is 466 g/mol. The second-order valence-electron chi connectivity index (χ2n) is 7.33. The Hall–Kier alpha value is -2.58. The zero-order chi connectivity index (χ0) is 22.2. The number of benzene rings is 2. The molecule has 0 saturated carbocycles. The summed E-state index contributed by atoms with van der Waals surface area (Å²) in [5, 5.41) is 3.85. The maximum atomic E-state index is 13.2. The molecular weight excluding hydrogens is 449 g/mol. The Morgan fingerprint density at radius 1 is 1.19 bits per heavy atom. The molecule has 1 N–H and O–H groups in total. The molecule has 2 aromatic carbocycles. The predicted octanol–water partition coefficient (Wildman–Crippen LogP) is 5.67. The molecule has 9 heteroatoms. The van der Waals surface area contributed by atoms with Crippen LogP contribution >= 0.6 is 22.9 Å². The number of halogens is 4. The van der Waals surface area contributed by atoms with Crippen LogP contribution in [0.2, 0.25) is 5.02 Å². The van der Waals surface area contributed by atoms with Gasteiger partial charge in [-0.3, -0.25) is 9.59 Å². The first-order valence-electron chi connectivity index (χ1n) is 9.67. The third kappa shape index (κ3) is 4.55. The number of nitrogens with zero attached hydrogens (tertiary/aromatic N) is 1. The largest absolute Gasteiger partial charge is 0.416 e. The lowest BCUT2D eigenvalue weighted by molar-refractivity contribution is -0.137. The first-order valence-corrected chi connectivity index (χ1v) is 10.9. The molecule has 31 heavy (non-hydrogen) atoms. The van der Waals surface area contributed by atoms with Crippen LogP contribution in [0.15, 0.2) is 48.5 Å². The van der Waals surface area contributed by atoms with E-state index in [0.29, 0.717) is 24.4 Å². The standard InChI is InChI=1S/C22H18ClF3N2O2S/c23-19-15-7-1-2-8-17(15)31-20(19)21(30)27-16(12-28-10-4-9-18(28)29)13-5-3-6-14(11-13)22(24,25)26/h1-3,5-8,11,16H,4,9-10,12H2,(H,27,30)/t16-/m1/s1. The van der Waals surface area contributed by atoms with Crippen molar-refractivity contribution < 1.29 is 22.8 Å². The number of hydrogen-bond donors (Lipinski definition) is 1. The van der Waals surface area contributed by atoms with E-state index in [1.165, 1.54) is 23.5 Å². The highest BCUT2D eigenvalue weighted by molar-refractivity contribution is 7.21. The fourth-order valence-corrected chi connectivity index (χ4v) is 5.09. The van der Waals surface area contributed by atoms with Crippen LogP contribution in [0.1, 0.15) is 39.7 Å². The third-order valence-corrected chi connectivity index (χ3v) is 6.91. The van der Waals surface area contributed by atoms with Crippen LogP contribution in [0, 0.1) is 0 Å². The van der Waals surface area contributed by atoms with E-state index >= 15 is 0 Å². The summed E-state index contributed by atoms with van der Waals surface area (Å²) in [7, 11) is 0. The van der Waals surface area contributed by atoms with Gasteiger partial charge in [0.15, 0.2) is 0 Å². The molecule has 0 spiro atoms. The van der Waals surface area contributed by atoms with Crippen molar-refractivity contribution in [3.05, 3.63) is 69.6 Å². The molecule has 1 atom stereocenters. The van der Waals surface area contributed by atoms with Crippen LogP contribution in [0.3, 0.4) is 0 Å². The number of fused-ring (bicyclic) bond motifs is 1. The van der Waals surface area contributed by atoms with Gasteiger partial charge in [-0.25, -0.2) is 0 Å². The van der Waals surface area contributed by atoms with Gasteiger partial charge in [-0.2, -0.15) is 13.2 Å². The summed E-state index contributed by atoms with van der Waals surface area (Å²) in [6.07, 6.45) is -3.43. The van der Waals surface area contributed by atoms with Crippen molar-refractivity contribution in [2.24, 2.45) is 0 Å². The Labute approximate surface area is 185 Å². The van der Waals surface area contributed by atoms with Gasteiger partial charge < -0.3 is 10.2 Å². The molecule has 1 saturated heterocycles. The minimum absolute atomic E-state index is 0.0777. The lowest BCUT2D eigenvalue weighted by Gasteiger charge is -2.25. The summed E-state index contributed by atoms with van der Waals surface area (Å²) in [5.41, 5.74) is -0.531. The van der Waals surface area contributed by atoms with E-state index in [4.69, 9.17) is 11.6 Å². The number of amides is 2. The molecule has 2 heterocycles. The van der Waals surface area contributed by atoms with E-state index in [0.717, 1.165) is 22.2 Å². The molecule has 2 amide bonds. The number of likely N-dealkylation sites (tertiary alicyclic amines) is 1. The number of rotatable bonds is 5. The molecule has 0 bridgehead atoms. The van der Waals surface area contributed by atoms with E-state index in [-0.39, 0.29) is 22.9 Å². The Kier molecular flexibility index (Phi) is 5.94. The summed E-state index contributed by atoms with van der Waals surface area (Å²) in [5.74, 6) is -0.564. The van der Waals surface area contributed by atoms with Crippen molar-refractivity contribution in [2.75, 3.05) is 13.1 Å². The molecule has 162 valence electrons. The molecule has 0 aliphatic carbocycles. The topological polar surface area (TPSA) is 49.4 Å². The van der Waals surface area contributed by atoms with E-state index < -0.39 is 23.7 Å². The smallest absolute Gasteiger partial charge is 0.343 e. The molecule has 0 radical (unpaired) electrons. The fraction of sp³-hybridized carbons (Fsp3) is 0.273. The van der Waals surface area contributed by atoms with Crippen LogP contribution in [0.4, 0.5) is 13.2 Å². The van der Waals surface area contributed by atoms with Gasteiger partial charge in [0.25, 0.3) is 5.91 Å². The zero-order valence-corrected chi connectivity index (χ0v) is 17.8. The van der Waals surface area contributed by atoms with Crippen molar-refractivity contribution in [3.63, 3.8) is 0 Å². The minimum atomic E-state index is -4.51. The molecule has 4 nitrogen and oxygen atoms in total. The fourth-order valence-electron chi connectivity index (χ4n) is 3.67. The van der Waals surface area contributed by atoms with Crippen molar-refractivity contribution in [1.82, 2.24) is 10.2 Å². The normalized spacial score (nSPS) is 15.5. The molecule has 4 rings (SSSR count). The van der Waals surface area contributed by atoms with E-state index in [1.54, 1.807) is 11.0 Å². The van der Waals surface area contributed by atoms with Gasteiger partial charge >= 0.3 is 6.18 Å². The number of nitrogens with one attached hydrogen (secondary N) is 1. The molecule has 1 aliphatic rings. The van der Waals surface area contributed by atoms with Gasteiger partial charge in [0, 0.05) is 29.6 Å². The van der Waals surface area contributed by atoms with Gasteiger partial charge in [-0.15, -0.1) is 11.3 Å². The number of thiophene rings is 1. The van der Waals surface area contributed by atoms with Gasteiger partial charge in [-0.1, -0.05) is 41.9 Å². The summed E-state index contributed by atoms with van der Waals surface area (Å²) in [6.45, 7) is 0.599. The summed E-state index contributed by atoms with van der Waals surface area (Å²) >= 11 is 7.61. The maximum absolute atomic E-state index is 13.2. The van der Waals surface area contributed by atoms with Gasteiger partial charge in [0.1, 0.15) is 4.88 Å². The van der Waals surface area contributed by atoms with E-state index in [9.17, 15) is 22.8 Å². The Bertz CT molecular complexity index is 1150. The molecule has 1 aliphatic heterocycles. The van der Waals surface area contributed by atoms with E-state index in [2.05, 4.69) is 5.32 Å². The van der Waals surface area contributed by atoms with Gasteiger partial charge in [0.05, 0.1) is 16.6 Å². The minimum Gasteiger partial charge on any atom is -0.343 e. The van der Waals surface area contributed by atoms with Crippen molar-refractivity contribution in [1.29, 1.82) is 0 Å². The Morgan fingerprint density at radius 3 is 2.65 bits per heavy atom. The highest BCUT2D eigenvalue weighted by Gasteiger charge is 2.32. The van der Waals surface area contributed by atoms with Crippen molar-refractivity contribution in [3.8, 4) is 0 Å². The summed E-state index contributed by atoms with van der Waals surface area (Å²) < 4.78 is 40.5. The molecule has 0 unspecified atom stereocenters. The van der Waals surface area contributed by atoms with Crippen molar-refractivity contribution >= 4 is 44.8 Å². The number of carbonyl (C=O) groups excluding carboxylic acids is 2. The average molecular weight is 467 g/mol. The first-order chi connectivity index (χ1) is 14.7. The van der Waals surface area contributed by atoms with Crippen LogP contribution < -0.4 is 5.32 Å². The summed E-state index contributed by atoms with van der Waals surface area (Å²) in [6, 6.07) is 11.3. The lowest BCUT2D eigenvalue weighted by atomic mass is 10.0. The average Bonchev–Trinajstić information content (AvgIpc) is 3.30. The highest BCUT2D eigenvalue weighted by atomic mass is 35.5. The SMILES string of the molecule is O=C(N[C@H](CN1CCCC1=O)c1cccc(C(F)(F)F)c1)c1sc2ccccc2c1Cl. The quantitative estimate of drug-likeness (QED) is 0.527. The maximum Gasteiger partial charge on any atom is 0.416 e. The molecule has 1 aromatic heterocycles. The Morgan fingerprint density at radius 2 is 1.97 bits per heavy atom. The molecular formula is C22H18ClF3N2O2S. The van der Waals surface area contributed by atoms with Crippen LogP contribution in [-0.2, 0) is 11.0 Å². The van der Waals surface area contributed by atoms with Crippen LogP contribution in [-0.4, -0.2) is 29.8 Å². The first kappa shape index (κ1) is 21.6. The van der Waals surface area contributed by atoms with Crippen LogP contribution in [0.5, 0.6) is 0 Å². The zero-order valence-electron chi connectivity index (χ0n) is 16.2. The number of hydrogen-bond acceptors (Lipinski definition) is 3.